The van der Waals surface area contributed by atoms with Crippen LogP contribution in [0.3, 0.4) is 0 Å². The molecule has 3 rings (SSSR count). The van der Waals surface area contributed by atoms with E-state index in [1.807, 2.05) is 38.1 Å². The van der Waals surface area contributed by atoms with E-state index in [-0.39, 0.29) is 47.7 Å². The number of amides is 4. The van der Waals surface area contributed by atoms with Crippen LogP contribution < -0.4 is 32.7 Å². The van der Waals surface area contributed by atoms with E-state index in [0.717, 1.165) is 4.70 Å². The molecule has 15 heteroatoms. The standard InChI is InChI=1S/C32H42N8O6S/c1-18(2)15-24(39-28(44)21-12-10-20(11-13-21)16-36-29(45)25(17-41)37-19(3)42)30(46)38-23(8-6-14-35-32(33)34)27(43)31-40-22-7-4-5-9-26(22)47-31/h4-5,7,9-13,18,23-25,41H,6,8,14-17H2,1-3H3,(H,36,45)(H,37,42)(H,38,46)(H,39,44)(H4,33,34,35)/t23-,24-,25-/m0/s1. The van der Waals surface area contributed by atoms with Crippen LogP contribution in [0.5, 0.6) is 0 Å². The van der Waals surface area contributed by atoms with E-state index < -0.39 is 48.4 Å². The maximum Gasteiger partial charge on any atom is 0.251 e. The van der Waals surface area contributed by atoms with Crippen molar-refractivity contribution in [1.82, 2.24) is 26.3 Å². The molecule has 0 aliphatic rings. The monoisotopic (exact) mass is 666 g/mol. The van der Waals surface area contributed by atoms with Crippen molar-refractivity contribution in [2.45, 2.75) is 64.7 Å². The first kappa shape index (κ1) is 36.6. The van der Waals surface area contributed by atoms with Gasteiger partial charge in [0.25, 0.3) is 5.91 Å². The highest BCUT2D eigenvalue weighted by Crippen LogP contribution is 2.23. The molecule has 252 valence electrons. The lowest BCUT2D eigenvalue weighted by Gasteiger charge is -2.23. The molecule has 0 radical (unpaired) electrons. The highest BCUT2D eigenvalue weighted by molar-refractivity contribution is 7.20. The number of guanidine groups is 1. The summed E-state index contributed by atoms with van der Waals surface area (Å²) in [6.45, 7) is 4.90. The van der Waals surface area contributed by atoms with Crippen LogP contribution in [0.4, 0.5) is 0 Å². The number of aliphatic hydroxyl groups excluding tert-OH is 1. The van der Waals surface area contributed by atoms with Crippen LogP contribution >= 0.6 is 11.3 Å². The maximum absolute atomic E-state index is 13.6. The summed E-state index contributed by atoms with van der Waals surface area (Å²) in [4.78, 5) is 72.3. The lowest BCUT2D eigenvalue weighted by molar-refractivity contribution is -0.129. The highest BCUT2D eigenvalue weighted by Gasteiger charge is 2.29. The summed E-state index contributed by atoms with van der Waals surface area (Å²) in [5, 5.41) is 20.2. The summed E-state index contributed by atoms with van der Waals surface area (Å²) in [6.07, 6.45) is 0.987. The molecule has 0 bridgehead atoms. The van der Waals surface area contributed by atoms with Crippen molar-refractivity contribution < 1.29 is 29.1 Å². The van der Waals surface area contributed by atoms with Gasteiger partial charge in [-0.1, -0.05) is 38.1 Å². The topological polar surface area (TPSA) is 231 Å². The number of nitrogens with zero attached hydrogens (tertiary/aromatic N) is 2. The Labute approximate surface area is 276 Å². The van der Waals surface area contributed by atoms with Gasteiger partial charge in [0, 0.05) is 25.6 Å². The molecule has 0 saturated carbocycles. The Morgan fingerprint density at radius 1 is 0.915 bits per heavy atom. The summed E-state index contributed by atoms with van der Waals surface area (Å²) >= 11 is 1.24. The second-order valence-electron chi connectivity index (χ2n) is 11.4. The Morgan fingerprint density at radius 2 is 1.62 bits per heavy atom. The number of ketones is 1. The lowest BCUT2D eigenvalue weighted by Crippen LogP contribution is -2.52. The zero-order valence-corrected chi connectivity index (χ0v) is 27.4. The first-order valence-corrected chi connectivity index (χ1v) is 16.0. The number of carbonyl (C=O) groups is 5. The van der Waals surface area contributed by atoms with Crippen molar-refractivity contribution in [1.29, 1.82) is 0 Å². The fourth-order valence-electron chi connectivity index (χ4n) is 4.64. The van der Waals surface area contributed by atoms with Crippen LogP contribution in [0.25, 0.3) is 10.2 Å². The van der Waals surface area contributed by atoms with E-state index in [1.54, 1.807) is 24.3 Å². The fourth-order valence-corrected chi connectivity index (χ4v) is 5.60. The molecule has 47 heavy (non-hydrogen) atoms. The van der Waals surface area contributed by atoms with Crippen molar-refractivity contribution in [3.63, 3.8) is 0 Å². The lowest BCUT2D eigenvalue weighted by atomic mass is 10.0. The van der Waals surface area contributed by atoms with Gasteiger partial charge in [0.05, 0.1) is 22.9 Å². The first-order chi connectivity index (χ1) is 22.4. The number of para-hydroxylation sites is 1. The van der Waals surface area contributed by atoms with Gasteiger partial charge >= 0.3 is 0 Å². The molecule has 0 aliphatic heterocycles. The van der Waals surface area contributed by atoms with E-state index in [0.29, 0.717) is 23.9 Å². The number of benzene rings is 2. The number of nitrogens with two attached hydrogens (primary N) is 2. The predicted molar refractivity (Wildman–Crippen MR) is 179 cm³/mol. The van der Waals surface area contributed by atoms with Crippen LogP contribution in [-0.2, 0) is 20.9 Å². The van der Waals surface area contributed by atoms with Crippen molar-refractivity contribution in [3.8, 4) is 0 Å². The smallest absolute Gasteiger partial charge is 0.251 e. The molecule has 0 aliphatic carbocycles. The van der Waals surface area contributed by atoms with Gasteiger partial charge in [-0.15, -0.1) is 11.3 Å². The molecule has 3 atom stereocenters. The predicted octanol–water partition coefficient (Wildman–Crippen LogP) is 0.975. The van der Waals surface area contributed by atoms with Gasteiger partial charge in [-0.2, -0.15) is 0 Å². The Hall–Kier alpha value is -4.89. The molecular formula is C32H42N8O6S. The van der Waals surface area contributed by atoms with E-state index in [1.165, 1.54) is 18.3 Å². The summed E-state index contributed by atoms with van der Waals surface area (Å²) in [5.74, 6) is -2.38. The molecule has 0 unspecified atom stereocenters. The number of carbonyl (C=O) groups excluding carboxylic acids is 5. The summed E-state index contributed by atoms with van der Waals surface area (Å²) in [6, 6.07) is 10.8. The van der Waals surface area contributed by atoms with E-state index in [9.17, 15) is 29.1 Å². The van der Waals surface area contributed by atoms with Gasteiger partial charge in [-0.25, -0.2) is 4.98 Å². The number of rotatable bonds is 17. The number of nitrogens with one attached hydrogen (secondary N) is 4. The van der Waals surface area contributed by atoms with Gasteiger partial charge in [0.2, 0.25) is 23.5 Å². The number of Topliss-reactive ketones (excluding diaryl/α,β-unsaturated/α-hetero) is 1. The molecule has 0 saturated heterocycles. The van der Waals surface area contributed by atoms with E-state index in [4.69, 9.17) is 11.5 Å². The van der Waals surface area contributed by atoms with Gasteiger partial charge in [0.15, 0.2) is 11.0 Å². The van der Waals surface area contributed by atoms with Crippen molar-refractivity contribution >= 4 is 56.9 Å². The average Bonchev–Trinajstić information content (AvgIpc) is 3.47. The first-order valence-electron chi connectivity index (χ1n) is 15.2. The van der Waals surface area contributed by atoms with Gasteiger partial charge in [-0.05, 0) is 55.0 Å². The maximum atomic E-state index is 13.6. The minimum atomic E-state index is -1.07. The number of fused-ring (bicyclic) bond motifs is 1. The van der Waals surface area contributed by atoms with Crippen LogP contribution in [-0.4, -0.2) is 76.7 Å². The Kier molecular flexibility index (Phi) is 13.8. The number of hydrogen-bond acceptors (Lipinski definition) is 9. The summed E-state index contributed by atoms with van der Waals surface area (Å²) in [7, 11) is 0. The molecule has 4 amide bonds. The summed E-state index contributed by atoms with van der Waals surface area (Å²) in [5.41, 5.74) is 12.5. The van der Waals surface area contributed by atoms with E-state index in [2.05, 4.69) is 31.2 Å². The SMILES string of the molecule is CC(=O)N[C@@H](CO)C(=O)NCc1ccc(C(=O)N[C@@H](CC(C)C)C(=O)N[C@@H](CCCN=C(N)N)C(=O)c2nc3ccccc3s2)cc1. The second kappa shape index (κ2) is 17.7. The molecule has 1 aromatic heterocycles. The average molecular weight is 667 g/mol. The van der Waals surface area contributed by atoms with Crippen molar-refractivity contribution in [2.24, 2.45) is 22.4 Å². The second-order valence-corrected chi connectivity index (χ2v) is 12.4. The molecule has 9 N–H and O–H groups in total. The molecule has 14 nitrogen and oxygen atoms in total. The van der Waals surface area contributed by atoms with Gasteiger partial charge in [-0.3, -0.25) is 29.0 Å². The zero-order valence-electron chi connectivity index (χ0n) is 26.6. The Bertz CT molecular complexity index is 1550. The normalized spacial score (nSPS) is 12.9. The van der Waals surface area contributed by atoms with E-state index >= 15 is 0 Å². The van der Waals surface area contributed by atoms with Crippen molar-refractivity contribution in [2.75, 3.05) is 13.2 Å². The largest absolute Gasteiger partial charge is 0.394 e. The summed E-state index contributed by atoms with van der Waals surface area (Å²) < 4.78 is 0.846. The number of aliphatic hydroxyl groups is 1. The molecule has 0 fully saturated rings. The number of hydrogen-bond donors (Lipinski definition) is 7. The number of aromatic nitrogens is 1. The zero-order chi connectivity index (χ0) is 34.5. The molecule has 2 aromatic carbocycles. The van der Waals surface area contributed by atoms with Gasteiger partial charge < -0.3 is 37.8 Å². The third-order valence-electron chi connectivity index (χ3n) is 6.97. The highest BCUT2D eigenvalue weighted by atomic mass is 32.1. The minimum absolute atomic E-state index is 0.0394. The third kappa shape index (κ3) is 11.4. The third-order valence-corrected chi connectivity index (χ3v) is 8.02. The number of aliphatic imine (C=N–C) groups is 1. The fraction of sp³-hybridized carbons (Fsp3) is 0.406. The quantitative estimate of drug-likeness (QED) is 0.0470. The van der Waals surface area contributed by atoms with Crippen LogP contribution in [0.2, 0.25) is 0 Å². The van der Waals surface area contributed by atoms with Crippen LogP contribution in [0.1, 0.15) is 65.8 Å². The molecule has 3 aromatic rings. The van der Waals surface area contributed by atoms with Crippen LogP contribution in [0, 0.1) is 5.92 Å². The number of thiazole rings is 1. The molecule has 1 heterocycles. The minimum Gasteiger partial charge on any atom is -0.394 e. The molecular weight excluding hydrogens is 624 g/mol. The van der Waals surface area contributed by atoms with Gasteiger partial charge in [0.1, 0.15) is 12.1 Å². The molecule has 0 spiro atoms. The Morgan fingerprint density at radius 3 is 2.23 bits per heavy atom. The Balaban J connectivity index is 1.70. The van der Waals surface area contributed by atoms with Crippen LogP contribution in [0.15, 0.2) is 53.5 Å². The van der Waals surface area contributed by atoms with Crippen molar-refractivity contribution in [3.05, 3.63) is 64.7 Å².